The summed E-state index contributed by atoms with van der Waals surface area (Å²) in [5, 5.41) is 0. The maximum Gasteiger partial charge on any atom is 0.151 e. The van der Waals surface area contributed by atoms with Crippen molar-refractivity contribution in [2.75, 3.05) is 17.7 Å². The summed E-state index contributed by atoms with van der Waals surface area (Å²) in [5.74, 6) is -1.91. The lowest BCUT2D eigenvalue weighted by atomic mass is 10.1. The Morgan fingerprint density at radius 1 is 1.05 bits per heavy atom. The molecule has 2 rings (SSSR count). The van der Waals surface area contributed by atoms with E-state index in [4.69, 9.17) is 5.73 Å². The van der Waals surface area contributed by atoms with E-state index in [0.717, 1.165) is 12.1 Å². The molecule has 0 unspecified atom stereocenters. The number of hydrogen-bond acceptors (Lipinski definition) is 2. The Morgan fingerprint density at radius 2 is 1.74 bits per heavy atom. The summed E-state index contributed by atoms with van der Waals surface area (Å²) in [5.41, 5.74) is 6.03. The highest BCUT2D eigenvalue weighted by Gasteiger charge is 2.13. The van der Waals surface area contributed by atoms with Crippen LogP contribution in [0.5, 0.6) is 0 Å². The lowest BCUT2D eigenvalue weighted by Gasteiger charge is -2.21. The van der Waals surface area contributed by atoms with Gasteiger partial charge in [-0.05, 0) is 12.1 Å². The average molecular weight is 266 g/mol. The quantitative estimate of drug-likeness (QED) is 0.863. The van der Waals surface area contributed by atoms with Crippen LogP contribution in [0.2, 0.25) is 0 Å². The highest BCUT2D eigenvalue weighted by atomic mass is 19.1. The fraction of sp³-hybridized carbons (Fsp3) is 0.143. The summed E-state index contributed by atoms with van der Waals surface area (Å²) in [6.45, 7) is 0.166. The van der Waals surface area contributed by atoms with Gasteiger partial charge in [0.05, 0.1) is 11.4 Å². The molecule has 0 aliphatic carbocycles. The minimum absolute atomic E-state index is 0.153. The molecule has 2 aromatic rings. The predicted octanol–water partition coefficient (Wildman–Crippen LogP) is 3.32. The highest BCUT2D eigenvalue weighted by Crippen LogP contribution is 2.27. The Kier molecular flexibility index (Phi) is 3.64. The Balaban J connectivity index is 2.30. The van der Waals surface area contributed by atoms with Crippen molar-refractivity contribution in [3.8, 4) is 0 Å². The number of anilines is 2. The fourth-order valence-electron chi connectivity index (χ4n) is 1.85. The van der Waals surface area contributed by atoms with Crippen LogP contribution in [0, 0.1) is 17.5 Å². The Bertz CT molecular complexity index is 599. The minimum atomic E-state index is -0.824. The summed E-state index contributed by atoms with van der Waals surface area (Å²) >= 11 is 0. The molecule has 0 saturated carbocycles. The van der Waals surface area contributed by atoms with Crippen LogP contribution >= 0.6 is 0 Å². The van der Waals surface area contributed by atoms with Gasteiger partial charge in [-0.2, -0.15) is 0 Å². The molecule has 0 atom stereocenters. The van der Waals surface area contributed by atoms with Crippen molar-refractivity contribution in [1.82, 2.24) is 0 Å². The van der Waals surface area contributed by atoms with Crippen LogP contribution in [-0.4, -0.2) is 7.05 Å². The van der Waals surface area contributed by atoms with Gasteiger partial charge in [-0.1, -0.05) is 18.2 Å². The Morgan fingerprint density at radius 3 is 2.42 bits per heavy atom. The SMILES string of the molecule is CN(Cc1ccccc1F)c1cc(F)cc(F)c1N. The molecule has 0 aliphatic rings. The van der Waals surface area contributed by atoms with Crippen molar-refractivity contribution in [1.29, 1.82) is 0 Å². The van der Waals surface area contributed by atoms with Gasteiger partial charge in [0, 0.05) is 25.2 Å². The van der Waals surface area contributed by atoms with E-state index in [9.17, 15) is 13.2 Å². The van der Waals surface area contributed by atoms with Crippen LogP contribution in [0.3, 0.4) is 0 Å². The normalized spacial score (nSPS) is 10.5. The molecule has 100 valence electrons. The third kappa shape index (κ3) is 2.81. The number of hydrogen-bond donors (Lipinski definition) is 1. The first-order valence-electron chi connectivity index (χ1n) is 5.68. The second-order valence-electron chi connectivity index (χ2n) is 4.27. The predicted molar refractivity (Wildman–Crippen MR) is 69.3 cm³/mol. The number of benzene rings is 2. The summed E-state index contributed by atoms with van der Waals surface area (Å²) in [6, 6.07) is 8.06. The Labute approximate surface area is 109 Å². The summed E-state index contributed by atoms with van der Waals surface area (Å²) in [6.07, 6.45) is 0. The van der Waals surface area contributed by atoms with Gasteiger partial charge in [0.2, 0.25) is 0 Å². The molecule has 2 nitrogen and oxygen atoms in total. The molecule has 2 N–H and O–H groups in total. The molecule has 0 bridgehead atoms. The van der Waals surface area contributed by atoms with Crippen LogP contribution in [0.4, 0.5) is 24.5 Å². The van der Waals surface area contributed by atoms with Crippen molar-refractivity contribution in [3.05, 3.63) is 59.4 Å². The van der Waals surface area contributed by atoms with Crippen molar-refractivity contribution >= 4 is 11.4 Å². The van der Waals surface area contributed by atoms with E-state index >= 15 is 0 Å². The fourth-order valence-corrected chi connectivity index (χ4v) is 1.85. The first-order valence-corrected chi connectivity index (χ1v) is 5.68. The molecule has 0 amide bonds. The van der Waals surface area contributed by atoms with E-state index in [1.54, 1.807) is 25.2 Å². The van der Waals surface area contributed by atoms with Crippen LogP contribution in [0.25, 0.3) is 0 Å². The number of halogens is 3. The molecule has 19 heavy (non-hydrogen) atoms. The monoisotopic (exact) mass is 266 g/mol. The molecule has 2 aromatic carbocycles. The average Bonchev–Trinajstić information content (AvgIpc) is 2.36. The molecule has 0 aliphatic heterocycles. The van der Waals surface area contributed by atoms with Crippen molar-refractivity contribution in [2.45, 2.75) is 6.54 Å². The second kappa shape index (κ2) is 5.22. The van der Waals surface area contributed by atoms with Gasteiger partial charge in [-0.3, -0.25) is 0 Å². The maximum atomic E-state index is 13.5. The number of nitrogens with two attached hydrogens (primary N) is 1. The van der Waals surface area contributed by atoms with E-state index < -0.39 is 11.6 Å². The first kappa shape index (κ1) is 13.3. The number of rotatable bonds is 3. The lowest BCUT2D eigenvalue weighted by molar-refractivity contribution is 0.584. The van der Waals surface area contributed by atoms with E-state index in [-0.39, 0.29) is 23.7 Å². The standard InChI is InChI=1S/C14H13F3N2/c1-19(8-9-4-2-3-5-11(9)16)13-7-10(15)6-12(17)14(13)18/h2-7H,8,18H2,1H3. The smallest absolute Gasteiger partial charge is 0.151 e. The highest BCUT2D eigenvalue weighted by molar-refractivity contribution is 5.68. The summed E-state index contributed by atoms with van der Waals surface area (Å²) < 4.78 is 40.1. The number of nitrogen functional groups attached to an aromatic ring is 1. The summed E-state index contributed by atoms with van der Waals surface area (Å²) in [7, 11) is 1.59. The number of nitrogens with zero attached hydrogens (tertiary/aromatic N) is 1. The molecule has 0 heterocycles. The first-order chi connectivity index (χ1) is 8.99. The van der Waals surface area contributed by atoms with Gasteiger partial charge in [0.1, 0.15) is 11.6 Å². The van der Waals surface area contributed by atoms with E-state index in [1.165, 1.54) is 11.0 Å². The van der Waals surface area contributed by atoms with Crippen LogP contribution in [0.1, 0.15) is 5.56 Å². The molecule has 0 spiro atoms. The van der Waals surface area contributed by atoms with E-state index in [2.05, 4.69) is 0 Å². The molecule has 0 radical (unpaired) electrons. The second-order valence-corrected chi connectivity index (χ2v) is 4.27. The van der Waals surface area contributed by atoms with Gasteiger partial charge in [0.15, 0.2) is 5.82 Å². The zero-order chi connectivity index (χ0) is 14.0. The zero-order valence-electron chi connectivity index (χ0n) is 10.3. The van der Waals surface area contributed by atoms with Crippen molar-refractivity contribution in [2.24, 2.45) is 0 Å². The van der Waals surface area contributed by atoms with Gasteiger partial charge in [0.25, 0.3) is 0 Å². The Hall–Kier alpha value is -2.17. The molecule has 0 aromatic heterocycles. The molecule has 0 saturated heterocycles. The van der Waals surface area contributed by atoms with Gasteiger partial charge < -0.3 is 10.6 Å². The largest absolute Gasteiger partial charge is 0.395 e. The van der Waals surface area contributed by atoms with Crippen molar-refractivity contribution in [3.63, 3.8) is 0 Å². The minimum Gasteiger partial charge on any atom is -0.395 e. The molecular weight excluding hydrogens is 253 g/mol. The third-order valence-electron chi connectivity index (χ3n) is 2.85. The lowest BCUT2D eigenvalue weighted by Crippen LogP contribution is -2.19. The van der Waals surface area contributed by atoms with Gasteiger partial charge in [-0.15, -0.1) is 0 Å². The molecular formula is C14H13F3N2. The van der Waals surface area contributed by atoms with Crippen LogP contribution in [-0.2, 0) is 6.54 Å². The van der Waals surface area contributed by atoms with Crippen molar-refractivity contribution < 1.29 is 13.2 Å². The maximum absolute atomic E-state index is 13.5. The molecule has 5 heteroatoms. The van der Waals surface area contributed by atoms with Gasteiger partial charge in [-0.25, -0.2) is 13.2 Å². The summed E-state index contributed by atoms with van der Waals surface area (Å²) in [4.78, 5) is 1.50. The van der Waals surface area contributed by atoms with Crippen LogP contribution in [0.15, 0.2) is 36.4 Å². The van der Waals surface area contributed by atoms with E-state index in [1.807, 2.05) is 0 Å². The third-order valence-corrected chi connectivity index (χ3v) is 2.85. The topological polar surface area (TPSA) is 29.3 Å². The van der Waals surface area contributed by atoms with Gasteiger partial charge >= 0.3 is 0 Å². The van der Waals surface area contributed by atoms with E-state index in [0.29, 0.717) is 5.56 Å². The molecule has 0 fully saturated rings. The zero-order valence-corrected chi connectivity index (χ0v) is 10.3. The van der Waals surface area contributed by atoms with Crippen LogP contribution < -0.4 is 10.6 Å².